The van der Waals surface area contributed by atoms with Gasteiger partial charge in [-0.2, -0.15) is 0 Å². The van der Waals surface area contributed by atoms with Gasteiger partial charge in [0, 0.05) is 25.3 Å². The molecule has 0 unspecified atom stereocenters. The van der Waals surface area contributed by atoms with Crippen molar-refractivity contribution in [2.75, 3.05) is 12.3 Å². The van der Waals surface area contributed by atoms with E-state index in [1.165, 1.54) is 17.8 Å². The first-order valence-electron chi connectivity index (χ1n) is 12.3. The van der Waals surface area contributed by atoms with Gasteiger partial charge in [-0.05, 0) is 35.6 Å². The molecule has 0 bridgehead atoms. The smallest absolute Gasteiger partial charge is 0.243 e. The molecule has 4 nitrogen and oxygen atoms in total. The van der Waals surface area contributed by atoms with Crippen LogP contribution < -0.4 is 5.32 Å². The fourth-order valence-electron chi connectivity index (χ4n) is 3.81. The van der Waals surface area contributed by atoms with Crippen molar-refractivity contribution in [2.45, 2.75) is 45.5 Å². The molecule has 2 amide bonds. The maximum absolute atomic E-state index is 14.1. The van der Waals surface area contributed by atoms with Crippen LogP contribution in [0, 0.1) is 18.7 Å². The van der Waals surface area contributed by atoms with Crippen LogP contribution in [0.3, 0.4) is 0 Å². The van der Waals surface area contributed by atoms with E-state index >= 15 is 0 Å². The van der Waals surface area contributed by atoms with E-state index in [0.29, 0.717) is 36.7 Å². The van der Waals surface area contributed by atoms with E-state index in [4.69, 9.17) is 0 Å². The number of benzene rings is 3. The second-order valence-electron chi connectivity index (χ2n) is 9.44. The molecular formula is C30H35FN2O2S. The van der Waals surface area contributed by atoms with Crippen LogP contribution >= 0.6 is 11.8 Å². The average Bonchev–Trinajstić information content (AvgIpc) is 2.87. The Bertz CT molecular complexity index is 1120. The Balaban J connectivity index is 1.84. The maximum Gasteiger partial charge on any atom is 0.243 e. The number of halogens is 1. The van der Waals surface area contributed by atoms with E-state index in [2.05, 4.69) is 5.32 Å². The molecule has 0 aliphatic heterocycles. The number of carbonyl (C=O) groups is 2. The van der Waals surface area contributed by atoms with Crippen LogP contribution in [0.25, 0.3) is 0 Å². The van der Waals surface area contributed by atoms with Gasteiger partial charge in [-0.3, -0.25) is 9.59 Å². The van der Waals surface area contributed by atoms with E-state index in [-0.39, 0.29) is 23.4 Å². The zero-order chi connectivity index (χ0) is 25.9. The topological polar surface area (TPSA) is 49.4 Å². The highest BCUT2D eigenvalue weighted by Crippen LogP contribution is 2.20. The first-order valence-corrected chi connectivity index (χ1v) is 13.5. The minimum Gasteiger partial charge on any atom is -0.354 e. The summed E-state index contributed by atoms with van der Waals surface area (Å²) in [6.07, 6.45) is 0.417. The molecule has 0 aliphatic carbocycles. The second kappa shape index (κ2) is 13.8. The Labute approximate surface area is 218 Å². The van der Waals surface area contributed by atoms with Crippen LogP contribution in [0.5, 0.6) is 0 Å². The lowest BCUT2D eigenvalue weighted by atomic mass is 10.0. The molecule has 3 rings (SSSR count). The van der Waals surface area contributed by atoms with Gasteiger partial charge in [-0.15, -0.1) is 11.8 Å². The van der Waals surface area contributed by atoms with Gasteiger partial charge in [0.1, 0.15) is 11.9 Å². The summed E-state index contributed by atoms with van der Waals surface area (Å²) in [5.74, 6) is 0.264. The molecule has 36 heavy (non-hydrogen) atoms. The van der Waals surface area contributed by atoms with E-state index in [1.807, 2.05) is 75.4 Å². The maximum atomic E-state index is 14.1. The van der Waals surface area contributed by atoms with Crippen LogP contribution in [0.1, 0.15) is 36.1 Å². The van der Waals surface area contributed by atoms with Crippen molar-refractivity contribution in [1.82, 2.24) is 10.2 Å². The van der Waals surface area contributed by atoms with Crippen LogP contribution in [0.15, 0.2) is 78.9 Å². The molecule has 3 aromatic carbocycles. The minimum absolute atomic E-state index is 0.141. The molecule has 0 radical (unpaired) electrons. The lowest BCUT2D eigenvalue weighted by molar-refractivity contribution is -0.139. The van der Waals surface area contributed by atoms with Gasteiger partial charge < -0.3 is 10.2 Å². The number of hydrogen-bond donors (Lipinski definition) is 1. The van der Waals surface area contributed by atoms with Crippen molar-refractivity contribution in [2.24, 2.45) is 5.92 Å². The summed E-state index contributed by atoms with van der Waals surface area (Å²) in [4.78, 5) is 28.7. The van der Waals surface area contributed by atoms with E-state index < -0.39 is 6.04 Å². The zero-order valence-electron chi connectivity index (χ0n) is 21.2. The third kappa shape index (κ3) is 8.52. The van der Waals surface area contributed by atoms with Gasteiger partial charge in [0.25, 0.3) is 0 Å². The van der Waals surface area contributed by atoms with Crippen molar-refractivity contribution >= 4 is 23.6 Å². The molecule has 0 saturated carbocycles. The average molecular weight is 507 g/mol. The van der Waals surface area contributed by atoms with Crippen molar-refractivity contribution in [3.05, 3.63) is 107 Å². The predicted octanol–water partition coefficient (Wildman–Crippen LogP) is 5.78. The van der Waals surface area contributed by atoms with Gasteiger partial charge >= 0.3 is 0 Å². The summed E-state index contributed by atoms with van der Waals surface area (Å²) < 4.78 is 14.1. The SMILES string of the molecule is Cc1ccc(CN(C(=O)CSCc2ccccc2F)[C@@H](Cc2ccccc2)C(=O)NCC(C)C)cc1. The van der Waals surface area contributed by atoms with E-state index in [9.17, 15) is 14.0 Å². The Morgan fingerprint density at radius 2 is 1.58 bits per heavy atom. The lowest BCUT2D eigenvalue weighted by Crippen LogP contribution is -2.51. The quantitative estimate of drug-likeness (QED) is 0.339. The number of thioether (sulfide) groups is 1. The largest absolute Gasteiger partial charge is 0.354 e. The van der Waals surface area contributed by atoms with Gasteiger partial charge in [-0.1, -0.05) is 92.2 Å². The standard InChI is InChI=1S/C30H35FN2O2S/c1-22(2)18-32-30(35)28(17-24-9-5-4-6-10-24)33(19-25-15-13-23(3)14-16-25)29(34)21-36-20-26-11-7-8-12-27(26)31/h4-16,22,28H,17-21H2,1-3H3,(H,32,35)/t28-/m0/s1. The molecule has 3 aromatic rings. The summed E-state index contributed by atoms with van der Waals surface area (Å²) in [5, 5.41) is 3.03. The van der Waals surface area contributed by atoms with Crippen molar-refractivity contribution in [3.63, 3.8) is 0 Å². The van der Waals surface area contributed by atoms with Gasteiger partial charge in [-0.25, -0.2) is 4.39 Å². The first-order chi connectivity index (χ1) is 17.3. The molecule has 0 heterocycles. The normalized spacial score (nSPS) is 11.8. The molecule has 0 aromatic heterocycles. The van der Waals surface area contributed by atoms with Gasteiger partial charge in [0.05, 0.1) is 5.75 Å². The summed E-state index contributed by atoms with van der Waals surface area (Å²) in [7, 11) is 0. The third-order valence-electron chi connectivity index (χ3n) is 5.87. The number of rotatable bonds is 12. The second-order valence-corrected chi connectivity index (χ2v) is 10.4. The number of hydrogen-bond acceptors (Lipinski definition) is 3. The first kappa shape index (κ1) is 27.5. The number of amides is 2. The molecule has 1 atom stereocenters. The molecule has 190 valence electrons. The number of aryl methyl sites for hydroxylation is 1. The Hall–Kier alpha value is -3.12. The highest BCUT2D eigenvalue weighted by molar-refractivity contribution is 7.99. The molecular weight excluding hydrogens is 471 g/mol. The molecule has 0 saturated heterocycles. The van der Waals surface area contributed by atoms with Crippen molar-refractivity contribution in [3.8, 4) is 0 Å². The molecule has 1 N–H and O–H groups in total. The lowest BCUT2D eigenvalue weighted by Gasteiger charge is -2.32. The Kier molecular flexibility index (Phi) is 10.6. The summed E-state index contributed by atoms with van der Waals surface area (Å²) in [6.45, 7) is 6.97. The molecule has 0 spiro atoms. The third-order valence-corrected chi connectivity index (χ3v) is 6.84. The van der Waals surface area contributed by atoms with Crippen molar-refractivity contribution in [1.29, 1.82) is 0 Å². The van der Waals surface area contributed by atoms with E-state index in [0.717, 1.165) is 16.7 Å². The van der Waals surface area contributed by atoms with E-state index in [1.54, 1.807) is 23.1 Å². The predicted molar refractivity (Wildman–Crippen MR) is 146 cm³/mol. The van der Waals surface area contributed by atoms with Crippen molar-refractivity contribution < 1.29 is 14.0 Å². The van der Waals surface area contributed by atoms with Crippen LogP contribution in [0.4, 0.5) is 4.39 Å². The Morgan fingerprint density at radius 3 is 2.25 bits per heavy atom. The van der Waals surface area contributed by atoms with Crippen LogP contribution in [-0.2, 0) is 28.3 Å². The monoisotopic (exact) mass is 506 g/mol. The fraction of sp³-hybridized carbons (Fsp3) is 0.333. The number of carbonyl (C=O) groups excluding carboxylic acids is 2. The highest BCUT2D eigenvalue weighted by Gasteiger charge is 2.30. The van der Waals surface area contributed by atoms with Gasteiger partial charge in [0.15, 0.2) is 0 Å². The van der Waals surface area contributed by atoms with Crippen LogP contribution in [0.2, 0.25) is 0 Å². The molecule has 6 heteroatoms. The van der Waals surface area contributed by atoms with Crippen LogP contribution in [-0.4, -0.2) is 35.1 Å². The summed E-state index contributed by atoms with van der Waals surface area (Å²) >= 11 is 1.36. The fourth-order valence-corrected chi connectivity index (χ4v) is 4.71. The molecule has 0 aliphatic rings. The zero-order valence-corrected chi connectivity index (χ0v) is 22.1. The summed E-state index contributed by atoms with van der Waals surface area (Å²) in [5.41, 5.74) is 3.65. The highest BCUT2D eigenvalue weighted by atomic mass is 32.2. The number of nitrogens with zero attached hydrogens (tertiary/aromatic N) is 1. The Morgan fingerprint density at radius 1 is 0.917 bits per heavy atom. The number of nitrogens with one attached hydrogen (secondary N) is 1. The molecule has 0 fully saturated rings. The van der Waals surface area contributed by atoms with Gasteiger partial charge in [0.2, 0.25) is 11.8 Å². The summed E-state index contributed by atoms with van der Waals surface area (Å²) in [6, 6.07) is 23.7. The minimum atomic E-state index is -0.658.